The van der Waals surface area contributed by atoms with Crippen LogP contribution in [0.1, 0.15) is 23.2 Å². The van der Waals surface area contributed by atoms with Crippen molar-refractivity contribution in [3.05, 3.63) is 32.7 Å². The van der Waals surface area contributed by atoms with Gasteiger partial charge in [0.2, 0.25) is 0 Å². The number of fused-ring (bicyclic) bond motifs is 1. The van der Waals surface area contributed by atoms with E-state index >= 15 is 0 Å². The Kier molecular flexibility index (Phi) is 3.96. The summed E-state index contributed by atoms with van der Waals surface area (Å²) < 4.78 is 1.81. The Labute approximate surface area is 130 Å². The zero-order valence-corrected chi connectivity index (χ0v) is 13.8. The molecule has 0 radical (unpaired) electrons. The molecule has 2 aliphatic heterocycles. The molecule has 0 spiro atoms. The highest BCUT2D eigenvalue weighted by atomic mass is 79.9. The van der Waals surface area contributed by atoms with Crippen molar-refractivity contribution in [2.75, 3.05) is 26.2 Å². The second-order valence-electron chi connectivity index (χ2n) is 5.21. The van der Waals surface area contributed by atoms with Crippen molar-refractivity contribution in [3.63, 3.8) is 0 Å². The lowest BCUT2D eigenvalue weighted by Gasteiger charge is -2.37. The molecule has 0 N–H and O–H groups in total. The van der Waals surface area contributed by atoms with E-state index in [1.54, 1.807) is 0 Å². The van der Waals surface area contributed by atoms with E-state index < -0.39 is 0 Å². The molecule has 5 heteroatoms. The number of halogens is 2. The lowest BCUT2D eigenvalue weighted by atomic mass is 10.1. The molecule has 0 aliphatic carbocycles. The molecule has 2 heterocycles. The Bertz CT molecular complexity index is 506. The maximum Gasteiger partial charge on any atom is 0.255 e. The molecule has 2 fully saturated rings. The van der Waals surface area contributed by atoms with E-state index in [0.717, 1.165) is 34.1 Å². The monoisotopic (exact) mass is 386 g/mol. The predicted octanol–water partition coefficient (Wildman–Crippen LogP) is 3.13. The van der Waals surface area contributed by atoms with Crippen molar-refractivity contribution >= 4 is 37.8 Å². The van der Waals surface area contributed by atoms with Crippen LogP contribution >= 0.6 is 31.9 Å². The van der Waals surface area contributed by atoms with Crippen LogP contribution in [0.15, 0.2) is 27.1 Å². The van der Waals surface area contributed by atoms with E-state index in [9.17, 15) is 4.79 Å². The third-order valence-electron chi connectivity index (χ3n) is 4.03. The van der Waals surface area contributed by atoms with Crippen molar-refractivity contribution in [1.29, 1.82) is 0 Å². The van der Waals surface area contributed by atoms with Crippen LogP contribution in [0.5, 0.6) is 0 Å². The van der Waals surface area contributed by atoms with Gasteiger partial charge in [0, 0.05) is 34.6 Å². The summed E-state index contributed by atoms with van der Waals surface area (Å²) in [4.78, 5) is 17.1. The van der Waals surface area contributed by atoms with E-state index in [1.807, 2.05) is 23.1 Å². The van der Waals surface area contributed by atoms with Gasteiger partial charge in [0.05, 0.1) is 5.56 Å². The van der Waals surface area contributed by atoms with Crippen LogP contribution < -0.4 is 0 Å². The van der Waals surface area contributed by atoms with Gasteiger partial charge in [0.15, 0.2) is 0 Å². The number of hydrogen-bond donors (Lipinski definition) is 0. The molecule has 3 nitrogen and oxygen atoms in total. The molecule has 102 valence electrons. The first kappa shape index (κ1) is 13.6. The molecule has 3 rings (SSSR count). The zero-order chi connectivity index (χ0) is 13.4. The highest BCUT2D eigenvalue weighted by molar-refractivity contribution is 9.11. The Hall–Kier alpha value is -0.390. The molecule has 2 aliphatic rings. The van der Waals surface area contributed by atoms with Crippen LogP contribution in [0.2, 0.25) is 0 Å². The van der Waals surface area contributed by atoms with E-state index in [4.69, 9.17) is 0 Å². The molecule has 2 saturated heterocycles. The molecule has 0 bridgehead atoms. The lowest BCUT2D eigenvalue weighted by molar-refractivity contribution is 0.0570. The fourth-order valence-electron chi connectivity index (χ4n) is 3.01. The quantitative estimate of drug-likeness (QED) is 0.739. The van der Waals surface area contributed by atoms with Crippen LogP contribution in [-0.2, 0) is 0 Å². The summed E-state index contributed by atoms with van der Waals surface area (Å²) in [6, 6.07) is 6.33. The number of carbonyl (C=O) groups is 1. The maximum absolute atomic E-state index is 12.6. The van der Waals surface area contributed by atoms with Crippen molar-refractivity contribution in [2.45, 2.75) is 18.9 Å². The number of rotatable bonds is 1. The van der Waals surface area contributed by atoms with Gasteiger partial charge >= 0.3 is 0 Å². The molecule has 1 atom stereocenters. The fraction of sp³-hybridized carbons (Fsp3) is 0.500. The minimum Gasteiger partial charge on any atom is -0.336 e. The Morgan fingerprint density at radius 3 is 2.89 bits per heavy atom. The van der Waals surface area contributed by atoms with Crippen molar-refractivity contribution in [3.8, 4) is 0 Å². The van der Waals surface area contributed by atoms with Gasteiger partial charge in [-0.1, -0.05) is 15.9 Å². The van der Waals surface area contributed by atoms with Crippen molar-refractivity contribution in [2.24, 2.45) is 0 Å². The van der Waals surface area contributed by atoms with E-state index in [0.29, 0.717) is 6.04 Å². The van der Waals surface area contributed by atoms with Crippen LogP contribution in [0.4, 0.5) is 0 Å². The third-order valence-corrected chi connectivity index (χ3v) is 5.22. The number of piperazine rings is 1. The van der Waals surface area contributed by atoms with E-state index in [2.05, 4.69) is 36.8 Å². The fourth-order valence-corrected chi connectivity index (χ4v) is 3.78. The molecular formula is C14H16Br2N2O. The van der Waals surface area contributed by atoms with Crippen LogP contribution in [0, 0.1) is 0 Å². The average molecular weight is 388 g/mol. The van der Waals surface area contributed by atoms with Crippen LogP contribution in [0.3, 0.4) is 0 Å². The van der Waals surface area contributed by atoms with Crippen LogP contribution in [0.25, 0.3) is 0 Å². The Morgan fingerprint density at radius 1 is 1.21 bits per heavy atom. The van der Waals surface area contributed by atoms with Crippen molar-refractivity contribution in [1.82, 2.24) is 9.80 Å². The lowest BCUT2D eigenvalue weighted by Crippen LogP contribution is -2.52. The van der Waals surface area contributed by atoms with E-state index in [-0.39, 0.29) is 5.91 Å². The number of benzene rings is 1. The number of amides is 1. The Morgan fingerprint density at radius 2 is 2.05 bits per heavy atom. The van der Waals surface area contributed by atoms with E-state index in [1.165, 1.54) is 19.4 Å². The van der Waals surface area contributed by atoms with Gasteiger partial charge in [0.1, 0.15) is 0 Å². The molecule has 0 saturated carbocycles. The topological polar surface area (TPSA) is 23.6 Å². The third kappa shape index (κ3) is 2.73. The Balaban J connectivity index is 1.78. The largest absolute Gasteiger partial charge is 0.336 e. The second-order valence-corrected chi connectivity index (χ2v) is 6.98. The van der Waals surface area contributed by atoms with Gasteiger partial charge in [-0.25, -0.2) is 0 Å². The molecule has 19 heavy (non-hydrogen) atoms. The molecule has 1 aromatic carbocycles. The summed E-state index contributed by atoms with van der Waals surface area (Å²) in [5.41, 5.74) is 0.751. The van der Waals surface area contributed by atoms with Gasteiger partial charge in [-0.2, -0.15) is 0 Å². The highest BCUT2D eigenvalue weighted by Gasteiger charge is 2.33. The molecule has 1 aromatic rings. The van der Waals surface area contributed by atoms with Gasteiger partial charge < -0.3 is 4.90 Å². The molecule has 1 amide bonds. The van der Waals surface area contributed by atoms with Gasteiger partial charge in [0.25, 0.3) is 5.91 Å². The number of nitrogens with zero attached hydrogens (tertiary/aromatic N) is 2. The first-order chi connectivity index (χ1) is 9.15. The van der Waals surface area contributed by atoms with Gasteiger partial charge in [-0.05, 0) is 53.5 Å². The summed E-state index contributed by atoms with van der Waals surface area (Å²) >= 11 is 6.91. The second kappa shape index (κ2) is 5.54. The molecule has 1 unspecified atom stereocenters. The summed E-state index contributed by atoms with van der Waals surface area (Å²) in [7, 11) is 0. The average Bonchev–Trinajstić information content (AvgIpc) is 2.88. The van der Waals surface area contributed by atoms with Gasteiger partial charge in [-0.15, -0.1) is 0 Å². The normalized spacial score (nSPS) is 23.5. The first-order valence-corrected chi connectivity index (χ1v) is 8.22. The minimum absolute atomic E-state index is 0.139. The maximum atomic E-state index is 12.6. The summed E-state index contributed by atoms with van der Waals surface area (Å²) in [5.74, 6) is 0.139. The highest BCUT2D eigenvalue weighted by Crippen LogP contribution is 2.26. The summed E-state index contributed by atoms with van der Waals surface area (Å²) in [5, 5.41) is 0. The standard InChI is InChI=1S/C14H16Br2N2O/c15-10-3-4-13(16)12(8-10)14(19)18-7-6-17-5-1-2-11(17)9-18/h3-4,8,11H,1-2,5-7,9H2. The van der Waals surface area contributed by atoms with Crippen molar-refractivity contribution < 1.29 is 4.79 Å². The first-order valence-electron chi connectivity index (χ1n) is 6.63. The summed E-state index contributed by atoms with van der Waals surface area (Å²) in [6.07, 6.45) is 2.50. The molecule has 0 aromatic heterocycles. The predicted molar refractivity (Wildman–Crippen MR) is 82.3 cm³/mol. The summed E-state index contributed by atoms with van der Waals surface area (Å²) in [6.45, 7) is 3.93. The zero-order valence-electron chi connectivity index (χ0n) is 10.6. The minimum atomic E-state index is 0.139. The smallest absolute Gasteiger partial charge is 0.255 e. The van der Waals surface area contributed by atoms with Crippen LogP contribution in [-0.4, -0.2) is 47.9 Å². The van der Waals surface area contributed by atoms with Gasteiger partial charge in [-0.3, -0.25) is 9.69 Å². The number of hydrogen-bond acceptors (Lipinski definition) is 2. The number of carbonyl (C=O) groups excluding carboxylic acids is 1. The molecular weight excluding hydrogens is 372 g/mol. The SMILES string of the molecule is O=C(c1cc(Br)ccc1Br)N1CCN2CCCC2C1.